The van der Waals surface area contributed by atoms with Crippen LogP contribution in [0.4, 0.5) is 18.2 Å². The van der Waals surface area contributed by atoms with Crippen LogP contribution >= 0.6 is 38.6 Å². The van der Waals surface area contributed by atoms with Gasteiger partial charge in [0, 0.05) is 4.88 Å². The molecule has 1 aliphatic rings. The summed E-state index contributed by atoms with van der Waals surface area (Å²) in [5.41, 5.74) is -0.243. The molecule has 7 nitrogen and oxygen atoms in total. The molecule has 35 heavy (non-hydrogen) atoms. The standard InChI is InChI=1S/C22H16BrF3N4O3S2/c1-33-21(32)15-10-5-2-3-6-12(10)35-20(15)28-19(31)17-16(23)18-27-11(13-7-4-8-34-13)9-14(22(24,25)26)30(18)29-17/h4,7-9H,2-3,5-6H2,1H3,(H,28,31). The van der Waals surface area contributed by atoms with Gasteiger partial charge in [-0.25, -0.2) is 14.3 Å². The number of rotatable bonds is 4. The van der Waals surface area contributed by atoms with E-state index >= 15 is 0 Å². The smallest absolute Gasteiger partial charge is 0.433 e. The minimum atomic E-state index is -4.74. The highest BCUT2D eigenvalue weighted by atomic mass is 79.9. The number of carbonyl (C=O) groups excluding carboxylic acids is 2. The number of aryl methyl sites for hydroxylation is 1. The summed E-state index contributed by atoms with van der Waals surface area (Å²) in [6, 6.07) is 4.28. The third-order valence-electron chi connectivity index (χ3n) is 5.60. The third-order valence-corrected chi connectivity index (χ3v) is 8.43. The molecule has 1 amide bonds. The number of hydrogen-bond donors (Lipinski definition) is 1. The Morgan fingerprint density at radius 2 is 2.03 bits per heavy atom. The van der Waals surface area contributed by atoms with Gasteiger partial charge in [-0.1, -0.05) is 6.07 Å². The summed E-state index contributed by atoms with van der Waals surface area (Å²) >= 11 is 5.74. The number of methoxy groups -OCH3 is 1. The van der Waals surface area contributed by atoms with Crippen LogP contribution in [0.25, 0.3) is 16.2 Å². The van der Waals surface area contributed by atoms with Crippen LogP contribution in [0.3, 0.4) is 0 Å². The number of nitrogens with zero attached hydrogens (tertiary/aromatic N) is 3. The fraction of sp³-hybridized carbons (Fsp3) is 0.273. The number of thiophene rings is 2. The molecule has 4 aromatic heterocycles. The first-order valence-corrected chi connectivity index (χ1v) is 12.9. The van der Waals surface area contributed by atoms with Gasteiger partial charge in [0.2, 0.25) is 0 Å². The fourth-order valence-corrected chi connectivity index (χ4v) is 6.50. The summed E-state index contributed by atoms with van der Waals surface area (Å²) in [5.74, 6) is -1.34. The number of hydrogen-bond acceptors (Lipinski definition) is 7. The van der Waals surface area contributed by atoms with Crippen LogP contribution in [0.2, 0.25) is 0 Å². The van der Waals surface area contributed by atoms with Gasteiger partial charge in [-0.2, -0.15) is 18.3 Å². The lowest BCUT2D eigenvalue weighted by Crippen LogP contribution is -2.17. The molecule has 1 N–H and O–H groups in total. The van der Waals surface area contributed by atoms with E-state index in [-0.39, 0.29) is 27.1 Å². The highest BCUT2D eigenvalue weighted by molar-refractivity contribution is 9.10. The zero-order valence-electron chi connectivity index (χ0n) is 18.0. The van der Waals surface area contributed by atoms with E-state index in [4.69, 9.17) is 4.74 Å². The van der Waals surface area contributed by atoms with Crippen LogP contribution in [0, 0.1) is 0 Å². The number of ether oxygens (including phenoxy) is 1. The summed E-state index contributed by atoms with van der Waals surface area (Å²) in [4.78, 5) is 31.5. The molecule has 0 atom stereocenters. The first kappa shape index (κ1) is 23.9. The van der Waals surface area contributed by atoms with E-state index in [0.717, 1.165) is 35.8 Å². The van der Waals surface area contributed by atoms with Crippen molar-refractivity contribution in [2.75, 3.05) is 12.4 Å². The first-order valence-electron chi connectivity index (χ1n) is 10.4. The Morgan fingerprint density at radius 1 is 1.26 bits per heavy atom. The molecule has 0 saturated heterocycles. The summed E-state index contributed by atoms with van der Waals surface area (Å²) in [5, 5.41) is 8.64. The lowest BCUT2D eigenvalue weighted by atomic mass is 9.95. The maximum atomic E-state index is 13.9. The molecule has 0 aromatic carbocycles. The van der Waals surface area contributed by atoms with Crippen molar-refractivity contribution in [3.8, 4) is 10.6 Å². The SMILES string of the molecule is COC(=O)c1c(NC(=O)c2nn3c(C(F)(F)F)cc(-c4cccs4)nc3c2Br)sc2c1CCCC2. The van der Waals surface area contributed by atoms with Crippen molar-refractivity contribution in [1.29, 1.82) is 0 Å². The highest BCUT2D eigenvalue weighted by Crippen LogP contribution is 2.40. The number of amides is 1. The van der Waals surface area contributed by atoms with E-state index in [0.29, 0.717) is 20.8 Å². The Hall–Kier alpha value is -2.77. The Morgan fingerprint density at radius 3 is 2.71 bits per heavy atom. The van der Waals surface area contributed by atoms with Crippen LogP contribution in [0.5, 0.6) is 0 Å². The maximum Gasteiger partial charge on any atom is 0.433 e. The van der Waals surface area contributed by atoms with E-state index in [1.54, 1.807) is 17.5 Å². The van der Waals surface area contributed by atoms with Gasteiger partial charge >= 0.3 is 12.1 Å². The molecule has 0 bridgehead atoms. The van der Waals surface area contributed by atoms with Gasteiger partial charge in [0.1, 0.15) is 5.00 Å². The largest absolute Gasteiger partial charge is 0.465 e. The topological polar surface area (TPSA) is 85.6 Å². The molecule has 0 radical (unpaired) electrons. The van der Waals surface area contributed by atoms with Crippen LogP contribution in [0.15, 0.2) is 28.1 Å². The monoisotopic (exact) mass is 584 g/mol. The van der Waals surface area contributed by atoms with Crippen molar-refractivity contribution in [2.45, 2.75) is 31.9 Å². The summed E-state index contributed by atoms with van der Waals surface area (Å²) in [7, 11) is 1.26. The number of halogens is 4. The van der Waals surface area contributed by atoms with Gasteiger partial charge in [0.05, 0.1) is 27.7 Å². The Kier molecular flexibility index (Phi) is 6.18. The molecular formula is C22H16BrF3N4O3S2. The fourth-order valence-electron chi connectivity index (χ4n) is 4.02. The van der Waals surface area contributed by atoms with E-state index in [1.165, 1.54) is 29.8 Å². The number of esters is 1. The minimum absolute atomic E-state index is 0.0137. The molecule has 1 aliphatic carbocycles. The maximum absolute atomic E-state index is 13.9. The van der Waals surface area contributed by atoms with E-state index in [1.807, 2.05) is 0 Å². The zero-order valence-corrected chi connectivity index (χ0v) is 21.3. The third kappa shape index (κ3) is 4.25. The van der Waals surface area contributed by atoms with E-state index in [9.17, 15) is 22.8 Å². The quantitative estimate of drug-likeness (QED) is 0.288. The number of aromatic nitrogens is 3. The van der Waals surface area contributed by atoms with Crippen molar-refractivity contribution >= 4 is 61.1 Å². The van der Waals surface area contributed by atoms with Crippen molar-refractivity contribution in [2.24, 2.45) is 0 Å². The van der Waals surface area contributed by atoms with E-state index < -0.39 is 23.7 Å². The van der Waals surface area contributed by atoms with Crippen molar-refractivity contribution in [3.63, 3.8) is 0 Å². The minimum Gasteiger partial charge on any atom is -0.465 e. The Bertz CT molecular complexity index is 1460. The molecule has 0 aliphatic heterocycles. The predicted molar refractivity (Wildman–Crippen MR) is 129 cm³/mol. The summed E-state index contributed by atoms with van der Waals surface area (Å²) in [6.07, 6.45) is -1.39. The van der Waals surface area contributed by atoms with Crippen molar-refractivity contribution in [1.82, 2.24) is 14.6 Å². The zero-order chi connectivity index (χ0) is 24.9. The number of carbonyl (C=O) groups is 2. The van der Waals surface area contributed by atoms with Gasteiger partial charge in [0.25, 0.3) is 5.91 Å². The van der Waals surface area contributed by atoms with Crippen LogP contribution < -0.4 is 5.32 Å². The highest BCUT2D eigenvalue weighted by Gasteiger charge is 2.37. The number of fused-ring (bicyclic) bond motifs is 2. The summed E-state index contributed by atoms with van der Waals surface area (Å²) in [6.45, 7) is 0. The Labute approximate surface area is 213 Å². The lowest BCUT2D eigenvalue weighted by Gasteiger charge is -2.11. The Balaban J connectivity index is 1.60. The first-order chi connectivity index (χ1) is 16.7. The van der Waals surface area contributed by atoms with Crippen LogP contribution in [-0.2, 0) is 23.8 Å². The molecule has 0 saturated carbocycles. The summed E-state index contributed by atoms with van der Waals surface area (Å²) < 4.78 is 47.2. The lowest BCUT2D eigenvalue weighted by molar-refractivity contribution is -0.142. The average Bonchev–Trinajstić information content (AvgIpc) is 3.55. The normalized spacial score (nSPS) is 13.6. The van der Waals surface area contributed by atoms with Gasteiger partial charge in [-0.15, -0.1) is 22.7 Å². The molecule has 4 aromatic rings. The van der Waals surface area contributed by atoms with Crippen LogP contribution in [-0.4, -0.2) is 33.6 Å². The number of alkyl halides is 3. The average molecular weight is 585 g/mol. The second-order valence-electron chi connectivity index (χ2n) is 7.76. The van der Waals surface area contributed by atoms with Crippen LogP contribution in [0.1, 0.15) is 49.8 Å². The number of nitrogens with one attached hydrogen (secondary N) is 1. The van der Waals surface area contributed by atoms with Gasteiger partial charge < -0.3 is 10.1 Å². The molecule has 0 spiro atoms. The van der Waals surface area contributed by atoms with Gasteiger partial charge in [-0.3, -0.25) is 4.79 Å². The molecule has 5 rings (SSSR count). The van der Waals surface area contributed by atoms with Gasteiger partial charge in [-0.05, 0) is 64.7 Å². The molecule has 0 unspecified atom stereocenters. The number of anilines is 1. The predicted octanol–water partition coefficient (Wildman–Crippen LogP) is 6.22. The van der Waals surface area contributed by atoms with Crippen molar-refractivity contribution in [3.05, 3.63) is 55.4 Å². The van der Waals surface area contributed by atoms with E-state index in [2.05, 4.69) is 31.3 Å². The second-order valence-corrected chi connectivity index (χ2v) is 10.6. The van der Waals surface area contributed by atoms with Gasteiger partial charge in [0.15, 0.2) is 17.0 Å². The van der Waals surface area contributed by atoms with Crippen molar-refractivity contribution < 1.29 is 27.5 Å². The molecule has 0 fully saturated rings. The molecule has 13 heteroatoms. The molecule has 4 heterocycles. The second kappa shape index (κ2) is 9.03. The molecular weight excluding hydrogens is 569 g/mol. The molecule has 182 valence electrons.